The Balaban J connectivity index is 1.95. The lowest BCUT2D eigenvalue weighted by atomic mass is 9.91. The zero-order valence-corrected chi connectivity index (χ0v) is 16.0. The number of hydrogen-bond acceptors (Lipinski definition) is 8. The molecule has 1 amide bonds. The van der Waals surface area contributed by atoms with E-state index in [1.807, 2.05) is 30.3 Å². The SMILES string of the molecule is CCOC(=O)N1N=C(c2nnnn2Cc2ccccc2)CCC1(C)C(=O)OC. The van der Waals surface area contributed by atoms with Gasteiger partial charge in [-0.3, -0.25) is 0 Å². The number of esters is 1. The number of tetrazole rings is 1. The highest BCUT2D eigenvalue weighted by Gasteiger charge is 2.48. The third-order valence-corrected chi connectivity index (χ3v) is 4.57. The lowest BCUT2D eigenvalue weighted by Gasteiger charge is -2.37. The number of carbonyl (C=O) groups is 2. The van der Waals surface area contributed by atoms with Crippen molar-refractivity contribution in [1.29, 1.82) is 0 Å². The topological polar surface area (TPSA) is 112 Å². The summed E-state index contributed by atoms with van der Waals surface area (Å²) in [6.45, 7) is 3.89. The van der Waals surface area contributed by atoms with Crippen molar-refractivity contribution < 1.29 is 19.1 Å². The second-order valence-electron chi connectivity index (χ2n) is 6.47. The highest BCUT2D eigenvalue weighted by Crippen LogP contribution is 2.30. The predicted octanol–water partition coefficient (Wildman–Crippen LogP) is 1.61. The van der Waals surface area contributed by atoms with Crippen LogP contribution in [0.4, 0.5) is 4.79 Å². The van der Waals surface area contributed by atoms with E-state index in [1.165, 1.54) is 7.11 Å². The molecule has 0 N–H and O–H groups in total. The quantitative estimate of drug-likeness (QED) is 0.718. The summed E-state index contributed by atoms with van der Waals surface area (Å²) in [6, 6.07) is 9.73. The van der Waals surface area contributed by atoms with Crippen molar-refractivity contribution >= 4 is 17.8 Å². The molecule has 1 aromatic carbocycles. The molecule has 2 heterocycles. The predicted molar refractivity (Wildman–Crippen MR) is 98.4 cm³/mol. The molecule has 28 heavy (non-hydrogen) atoms. The van der Waals surface area contributed by atoms with E-state index in [4.69, 9.17) is 9.47 Å². The van der Waals surface area contributed by atoms with Gasteiger partial charge in [0, 0.05) is 0 Å². The second-order valence-corrected chi connectivity index (χ2v) is 6.47. The molecule has 0 bridgehead atoms. The molecule has 10 nitrogen and oxygen atoms in total. The van der Waals surface area contributed by atoms with Crippen molar-refractivity contribution in [2.45, 2.75) is 38.8 Å². The molecule has 0 radical (unpaired) electrons. The average molecular weight is 386 g/mol. The number of benzene rings is 1. The summed E-state index contributed by atoms with van der Waals surface area (Å²) in [4.78, 5) is 24.8. The van der Waals surface area contributed by atoms with Crippen LogP contribution in [-0.4, -0.2) is 62.2 Å². The van der Waals surface area contributed by atoms with Gasteiger partial charge >= 0.3 is 12.1 Å². The lowest BCUT2D eigenvalue weighted by molar-refractivity contribution is -0.154. The first-order chi connectivity index (χ1) is 13.5. The Morgan fingerprint density at radius 1 is 1.25 bits per heavy atom. The van der Waals surface area contributed by atoms with Crippen LogP contribution < -0.4 is 0 Å². The molecule has 0 spiro atoms. The van der Waals surface area contributed by atoms with Crippen molar-refractivity contribution in [2.75, 3.05) is 13.7 Å². The summed E-state index contributed by atoms with van der Waals surface area (Å²) in [5.74, 6) is -0.128. The van der Waals surface area contributed by atoms with Gasteiger partial charge in [0.1, 0.15) is 5.71 Å². The molecule has 0 saturated heterocycles. The van der Waals surface area contributed by atoms with Crippen molar-refractivity contribution in [2.24, 2.45) is 5.10 Å². The second kappa shape index (κ2) is 8.15. The van der Waals surface area contributed by atoms with E-state index < -0.39 is 17.6 Å². The first-order valence-electron chi connectivity index (χ1n) is 8.93. The standard InChI is InChI=1S/C18H22N6O4/c1-4-28-17(26)24-18(2,16(25)27-3)11-10-14(20-24)15-19-21-22-23(15)12-13-8-6-5-7-9-13/h5-9H,4,10-12H2,1-3H3. The van der Waals surface area contributed by atoms with E-state index in [1.54, 1.807) is 18.5 Å². The van der Waals surface area contributed by atoms with Gasteiger partial charge in [-0.1, -0.05) is 30.3 Å². The molecule has 1 unspecified atom stereocenters. The Labute approximate surface area is 162 Å². The number of carbonyl (C=O) groups excluding carboxylic acids is 2. The maximum absolute atomic E-state index is 12.5. The minimum atomic E-state index is -1.26. The number of ether oxygens (including phenoxy) is 2. The van der Waals surface area contributed by atoms with Crippen LogP contribution in [-0.2, 0) is 20.8 Å². The number of nitrogens with zero attached hydrogens (tertiary/aromatic N) is 6. The summed E-state index contributed by atoms with van der Waals surface area (Å²) in [5, 5.41) is 17.2. The largest absolute Gasteiger partial charge is 0.467 e. The fourth-order valence-corrected chi connectivity index (χ4v) is 3.01. The van der Waals surface area contributed by atoms with E-state index in [0.717, 1.165) is 10.6 Å². The molecule has 0 fully saturated rings. The molecule has 3 rings (SSSR count). The van der Waals surface area contributed by atoms with Crippen LogP contribution in [0.15, 0.2) is 35.4 Å². The number of hydrogen-bond donors (Lipinski definition) is 0. The smallest absolute Gasteiger partial charge is 0.431 e. The minimum Gasteiger partial charge on any atom is -0.467 e. The van der Waals surface area contributed by atoms with Crippen molar-refractivity contribution in [1.82, 2.24) is 25.2 Å². The van der Waals surface area contributed by atoms with Crippen LogP contribution in [0.1, 0.15) is 38.1 Å². The fraction of sp³-hybridized carbons (Fsp3) is 0.444. The van der Waals surface area contributed by atoms with Gasteiger partial charge in [0.05, 0.1) is 20.3 Å². The van der Waals surface area contributed by atoms with E-state index in [2.05, 4.69) is 20.6 Å². The summed E-state index contributed by atoms with van der Waals surface area (Å²) in [7, 11) is 1.27. The van der Waals surface area contributed by atoms with Gasteiger partial charge in [-0.2, -0.15) is 10.1 Å². The number of methoxy groups -OCH3 is 1. The Hall–Kier alpha value is -3.30. The molecule has 0 aliphatic carbocycles. The third kappa shape index (κ3) is 3.71. The first kappa shape index (κ1) is 19.5. The van der Waals surface area contributed by atoms with Crippen molar-refractivity contribution in [3.05, 3.63) is 41.7 Å². The van der Waals surface area contributed by atoms with Gasteiger partial charge in [0.2, 0.25) is 0 Å². The summed E-state index contributed by atoms with van der Waals surface area (Å²) in [5.41, 5.74) is 0.256. The Bertz CT molecular complexity index is 881. The number of hydrazone groups is 1. The van der Waals surface area contributed by atoms with Crippen molar-refractivity contribution in [3.8, 4) is 0 Å². The highest BCUT2D eigenvalue weighted by molar-refractivity contribution is 6.00. The van der Waals surface area contributed by atoms with Gasteiger partial charge in [0.15, 0.2) is 11.4 Å². The van der Waals surface area contributed by atoms with Crippen LogP contribution in [0.5, 0.6) is 0 Å². The van der Waals surface area contributed by atoms with Crippen molar-refractivity contribution in [3.63, 3.8) is 0 Å². The van der Waals surface area contributed by atoms with Crippen LogP contribution in [0.3, 0.4) is 0 Å². The number of amides is 1. The molecule has 2 aromatic rings. The summed E-state index contributed by atoms with van der Waals surface area (Å²) >= 11 is 0. The molecule has 1 aliphatic rings. The zero-order valence-electron chi connectivity index (χ0n) is 16.0. The monoisotopic (exact) mass is 386 g/mol. The number of rotatable bonds is 5. The van der Waals surface area contributed by atoms with Gasteiger partial charge in [0.25, 0.3) is 0 Å². The first-order valence-corrected chi connectivity index (χ1v) is 8.93. The maximum Gasteiger partial charge on any atom is 0.431 e. The van der Waals surface area contributed by atoms with Gasteiger partial charge in [-0.25, -0.2) is 14.3 Å². The zero-order chi connectivity index (χ0) is 20.1. The Morgan fingerprint density at radius 2 is 2.00 bits per heavy atom. The Morgan fingerprint density at radius 3 is 2.68 bits per heavy atom. The lowest BCUT2D eigenvalue weighted by Crippen LogP contribution is -2.55. The molecule has 148 valence electrons. The average Bonchev–Trinajstić information content (AvgIpc) is 3.16. The van der Waals surface area contributed by atoms with E-state index >= 15 is 0 Å². The third-order valence-electron chi connectivity index (χ3n) is 4.57. The van der Waals surface area contributed by atoms with Crippen LogP contribution >= 0.6 is 0 Å². The van der Waals surface area contributed by atoms with E-state index in [-0.39, 0.29) is 6.61 Å². The van der Waals surface area contributed by atoms with Crippen LogP contribution in [0.2, 0.25) is 0 Å². The molecule has 0 saturated carbocycles. The van der Waals surface area contributed by atoms with Crippen LogP contribution in [0, 0.1) is 0 Å². The summed E-state index contributed by atoms with van der Waals surface area (Å²) < 4.78 is 11.6. The van der Waals surface area contributed by atoms with Gasteiger partial charge in [-0.15, -0.1) is 5.10 Å². The normalized spacial score (nSPS) is 19.1. The fourth-order valence-electron chi connectivity index (χ4n) is 3.01. The van der Waals surface area contributed by atoms with E-state index in [9.17, 15) is 9.59 Å². The highest BCUT2D eigenvalue weighted by atomic mass is 16.6. The molecule has 1 aliphatic heterocycles. The molecular weight excluding hydrogens is 364 g/mol. The molecule has 1 aromatic heterocycles. The molecule has 10 heteroatoms. The number of aromatic nitrogens is 4. The molecular formula is C18H22N6O4. The summed E-state index contributed by atoms with van der Waals surface area (Å²) in [6.07, 6.45) is -0.0266. The van der Waals surface area contributed by atoms with Gasteiger partial charge < -0.3 is 9.47 Å². The van der Waals surface area contributed by atoms with E-state index in [0.29, 0.717) is 30.9 Å². The maximum atomic E-state index is 12.5. The minimum absolute atomic E-state index is 0.156. The molecule has 1 atom stereocenters. The Kier molecular flexibility index (Phi) is 5.67. The van der Waals surface area contributed by atoms with Gasteiger partial charge in [-0.05, 0) is 42.7 Å². The van der Waals surface area contributed by atoms with Crippen LogP contribution in [0.25, 0.3) is 0 Å².